The van der Waals surface area contributed by atoms with E-state index in [9.17, 15) is 0 Å². The first-order valence-electron chi connectivity index (χ1n) is 4.59. The molecule has 2 atom stereocenters. The summed E-state index contributed by atoms with van der Waals surface area (Å²) in [6.07, 6.45) is 3.86. The predicted molar refractivity (Wildman–Crippen MR) is 46.6 cm³/mol. The highest BCUT2D eigenvalue weighted by molar-refractivity contribution is 4.66. The van der Waals surface area contributed by atoms with E-state index in [-0.39, 0.29) is 12.7 Å². The van der Waals surface area contributed by atoms with Gasteiger partial charge in [0.15, 0.2) is 0 Å². The third-order valence-corrected chi connectivity index (χ3v) is 1.77. The molecule has 0 aromatic carbocycles. The Hall–Kier alpha value is -0.0800. The van der Waals surface area contributed by atoms with E-state index >= 15 is 0 Å². The molecule has 1 aliphatic rings. The minimum absolute atomic E-state index is 0.119. The van der Waals surface area contributed by atoms with Gasteiger partial charge in [-0.05, 0) is 26.2 Å². The van der Waals surface area contributed by atoms with Crippen molar-refractivity contribution < 1.29 is 9.84 Å². The fourth-order valence-corrected chi connectivity index (χ4v) is 1.23. The Kier molecular flexibility index (Phi) is 6.57. The van der Waals surface area contributed by atoms with Crippen molar-refractivity contribution >= 4 is 0 Å². The lowest BCUT2D eigenvalue weighted by atomic mass is 10.1. The molecule has 2 unspecified atom stereocenters. The molecule has 2 nitrogen and oxygen atoms in total. The SMILES string of the molecule is CC.CC1CCCC(CO)O1. The van der Waals surface area contributed by atoms with E-state index in [4.69, 9.17) is 9.84 Å². The minimum Gasteiger partial charge on any atom is -0.394 e. The minimum atomic E-state index is 0.119. The lowest BCUT2D eigenvalue weighted by Gasteiger charge is -2.25. The van der Waals surface area contributed by atoms with Crippen LogP contribution in [0, 0.1) is 0 Å². The summed E-state index contributed by atoms with van der Waals surface area (Å²) in [5.41, 5.74) is 0. The number of aliphatic hydroxyl groups is 1. The first-order valence-corrected chi connectivity index (χ1v) is 4.59. The van der Waals surface area contributed by atoms with Crippen molar-refractivity contribution in [1.82, 2.24) is 0 Å². The quantitative estimate of drug-likeness (QED) is 0.635. The average Bonchev–Trinajstić information content (AvgIpc) is 2.08. The molecular weight excluding hydrogens is 140 g/mol. The van der Waals surface area contributed by atoms with Gasteiger partial charge in [0, 0.05) is 0 Å². The highest BCUT2D eigenvalue weighted by Gasteiger charge is 2.17. The number of hydrogen-bond donors (Lipinski definition) is 1. The Morgan fingerprint density at radius 1 is 1.36 bits per heavy atom. The van der Waals surface area contributed by atoms with Crippen molar-refractivity contribution in [3.63, 3.8) is 0 Å². The highest BCUT2D eigenvalue weighted by atomic mass is 16.5. The van der Waals surface area contributed by atoms with Gasteiger partial charge in [-0.15, -0.1) is 0 Å². The van der Waals surface area contributed by atoms with Crippen LogP contribution in [0.3, 0.4) is 0 Å². The summed E-state index contributed by atoms with van der Waals surface area (Å²) in [6.45, 7) is 6.24. The van der Waals surface area contributed by atoms with Crippen molar-refractivity contribution in [3.05, 3.63) is 0 Å². The maximum Gasteiger partial charge on any atom is 0.0809 e. The monoisotopic (exact) mass is 160 g/mol. The fourth-order valence-electron chi connectivity index (χ4n) is 1.23. The zero-order valence-electron chi connectivity index (χ0n) is 7.84. The number of ether oxygens (including phenoxy) is 1. The Bertz CT molecular complexity index is 83.6. The van der Waals surface area contributed by atoms with Gasteiger partial charge < -0.3 is 9.84 Å². The van der Waals surface area contributed by atoms with E-state index < -0.39 is 0 Å². The molecule has 0 radical (unpaired) electrons. The summed E-state index contributed by atoms with van der Waals surface area (Å²) in [5.74, 6) is 0. The molecule has 1 heterocycles. The molecule has 1 fully saturated rings. The molecule has 0 saturated carbocycles. The third kappa shape index (κ3) is 4.38. The van der Waals surface area contributed by atoms with Gasteiger partial charge in [0.2, 0.25) is 0 Å². The van der Waals surface area contributed by atoms with Gasteiger partial charge in [-0.3, -0.25) is 0 Å². The summed E-state index contributed by atoms with van der Waals surface area (Å²) in [6, 6.07) is 0. The smallest absolute Gasteiger partial charge is 0.0809 e. The zero-order valence-corrected chi connectivity index (χ0v) is 7.84. The van der Waals surface area contributed by atoms with Gasteiger partial charge in [-0.1, -0.05) is 13.8 Å². The molecule has 0 bridgehead atoms. The van der Waals surface area contributed by atoms with Crippen LogP contribution < -0.4 is 0 Å². The maximum absolute atomic E-state index is 8.68. The highest BCUT2D eigenvalue weighted by Crippen LogP contribution is 2.17. The van der Waals surface area contributed by atoms with Crippen molar-refractivity contribution in [2.24, 2.45) is 0 Å². The molecule has 0 aromatic rings. The molecule has 0 spiro atoms. The van der Waals surface area contributed by atoms with Crippen LogP contribution in [0.5, 0.6) is 0 Å². The van der Waals surface area contributed by atoms with Gasteiger partial charge in [0.1, 0.15) is 0 Å². The van der Waals surface area contributed by atoms with E-state index in [1.807, 2.05) is 13.8 Å². The molecule has 1 aliphatic heterocycles. The van der Waals surface area contributed by atoms with Crippen LogP contribution in [-0.4, -0.2) is 23.9 Å². The number of rotatable bonds is 1. The molecule has 0 aliphatic carbocycles. The van der Waals surface area contributed by atoms with Crippen LogP contribution in [-0.2, 0) is 4.74 Å². The number of hydrogen-bond acceptors (Lipinski definition) is 2. The molecule has 1 N–H and O–H groups in total. The zero-order chi connectivity index (χ0) is 8.69. The Morgan fingerprint density at radius 2 is 2.00 bits per heavy atom. The van der Waals surface area contributed by atoms with Gasteiger partial charge in [0.05, 0.1) is 18.8 Å². The predicted octanol–water partition coefficient (Wildman–Crippen LogP) is 1.96. The van der Waals surface area contributed by atoms with Crippen molar-refractivity contribution in [1.29, 1.82) is 0 Å². The molecule has 0 aromatic heterocycles. The summed E-state index contributed by atoms with van der Waals surface area (Å²) in [4.78, 5) is 0. The largest absolute Gasteiger partial charge is 0.394 e. The van der Waals surface area contributed by atoms with Crippen LogP contribution in [0.15, 0.2) is 0 Å². The Balaban J connectivity index is 0.000000461. The summed E-state index contributed by atoms with van der Waals surface area (Å²) in [5, 5.41) is 8.68. The molecule has 11 heavy (non-hydrogen) atoms. The first kappa shape index (κ1) is 10.9. The van der Waals surface area contributed by atoms with Crippen molar-refractivity contribution in [3.8, 4) is 0 Å². The molecular formula is C9H20O2. The van der Waals surface area contributed by atoms with Crippen molar-refractivity contribution in [2.45, 2.75) is 52.2 Å². The first-order chi connectivity index (χ1) is 5.33. The molecule has 1 rings (SSSR count). The third-order valence-electron chi connectivity index (χ3n) is 1.77. The molecule has 68 valence electrons. The Morgan fingerprint density at radius 3 is 2.36 bits per heavy atom. The van der Waals surface area contributed by atoms with E-state index in [1.165, 1.54) is 6.42 Å². The summed E-state index contributed by atoms with van der Waals surface area (Å²) >= 11 is 0. The van der Waals surface area contributed by atoms with Crippen LogP contribution in [0.1, 0.15) is 40.0 Å². The van der Waals surface area contributed by atoms with E-state index in [1.54, 1.807) is 0 Å². The second-order valence-electron chi connectivity index (χ2n) is 2.68. The van der Waals surface area contributed by atoms with E-state index in [2.05, 4.69) is 6.92 Å². The van der Waals surface area contributed by atoms with Crippen molar-refractivity contribution in [2.75, 3.05) is 6.61 Å². The topological polar surface area (TPSA) is 29.5 Å². The molecule has 2 heteroatoms. The maximum atomic E-state index is 8.68. The summed E-state index contributed by atoms with van der Waals surface area (Å²) in [7, 11) is 0. The molecule has 1 saturated heterocycles. The fraction of sp³-hybridized carbons (Fsp3) is 1.00. The van der Waals surface area contributed by atoms with Gasteiger partial charge >= 0.3 is 0 Å². The lowest BCUT2D eigenvalue weighted by molar-refractivity contribution is -0.0633. The number of aliphatic hydroxyl groups excluding tert-OH is 1. The van der Waals surface area contributed by atoms with E-state index in [0.717, 1.165) is 12.8 Å². The Labute approximate surface area is 69.6 Å². The van der Waals surface area contributed by atoms with Crippen LogP contribution in [0.4, 0.5) is 0 Å². The second-order valence-corrected chi connectivity index (χ2v) is 2.68. The standard InChI is InChI=1S/C7H14O2.C2H6/c1-6-3-2-4-7(5-8)9-6;1-2/h6-8H,2-5H2,1H3;1-2H3. The second kappa shape index (κ2) is 6.62. The van der Waals surface area contributed by atoms with Gasteiger partial charge in [-0.25, -0.2) is 0 Å². The summed E-state index contributed by atoms with van der Waals surface area (Å²) < 4.78 is 5.39. The van der Waals surface area contributed by atoms with Gasteiger partial charge in [0.25, 0.3) is 0 Å². The van der Waals surface area contributed by atoms with Crippen LogP contribution in [0.25, 0.3) is 0 Å². The van der Waals surface area contributed by atoms with Gasteiger partial charge in [-0.2, -0.15) is 0 Å². The lowest BCUT2D eigenvalue weighted by Crippen LogP contribution is -2.27. The van der Waals surface area contributed by atoms with E-state index in [0.29, 0.717) is 6.10 Å². The van der Waals surface area contributed by atoms with Crippen LogP contribution >= 0.6 is 0 Å². The van der Waals surface area contributed by atoms with Crippen LogP contribution in [0.2, 0.25) is 0 Å². The average molecular weight is 160 g/mol. The molecule has 0 amide bonds. The normalized spacial score (nSPS) is 30.5.